The summed E-state index contributed by atoms with van der Waals surface area (Å²) in [6.07, 6.45) is 0. The molecule has 2 nitrogen and oxygen atoms in total. The van der Waals surface area contributed by atoms with Gasteiger partial charge in [-0.1, -0.05) is 81.4 Å². The van der Waals surface area contributed by atoms with Crippen molar-refractivity contribution in [3.63, 3.8) is 0 Å². The van der Waals surface area contributed by atoms with Crippen LogP contribution in [0.25, 0.3) is 5.57 Å². The molecule has 2 aromatic rings. The standard InChI is InChI=1S/C21H22O2/c1-15(22)19(21(2,3)4)18(16-11-7-5-8-12-16)20(23)17-13-9-6-10-14-17/h5-14H,1-4H3/b19-18+. The first-order chi connectivity index (χ1) is 10.8. The van der Waals surface area contributed by atoms with Crippen LogP contribution in [0.5, 0.6) is 0 Å². The monoisotopic (exact) mass is 306 g/mol. The molecule has 2 aromatic carbocycles. The Bertz CT molecular complexity index is 732. The van der Waals surface area contributed by atoms with Gasteiger partial charge in [0.15, 0.2) is 11.6 Å². The first-order valence-corrected chi connectivity index (χ1v) is 7.73. The second-order valence-electron chi connectivity index (χ2n) is 6.62. The molecule has 0 amide bonds. The summed E-state index contributed by atoms with van der Waals surface area (Å²) in [5.74, 6) is -0.183. The highest BCUT2D eigenvalue weighted by Gasteiger charge is 2.29. The Morgan fingerprint density at radius 1 is 0.739 bits per heavy atom. The predicted octanol–water partition coefficient (Wildman–Crippen LogP) is 4.96. The molecule has 0 saturated heterocycles. The summed E-state index contributed by atoms with van der Waals surface area (Å²) < 4.78 is 0. The number of ketones is 2. The minimum Gasteiger partial charge on any atom is -0.295 e. The summed E-state index contributed by atoms with van der Waals surface area (Å²) in [5, 5.41) is 0. The van der Waals surface area contributed by atoms with Crippen LogP contribution in [0.4, 0.5) is 0 Å². The molecule has 0 bridgehead atoms. The fraction of sp³-hybridized carbons (Fsp3) is 0.238. The fourth-order valence-electron chi connectivity index (χ4n) is 2.81. The maximum atomic E-state index is 13.1. The number of rotatable bonds is 4. The van der Waals surface area contributed by atoms with Gasteiger partial charge in [0.25, 0.3) is 0 Å². The van der Waals surface area contributed by atoms with Gasteiger partial charge in [0.2, 0.25) is 0 Å². The van der Waals surface area contributed by atoms with Crippen molar-refractivity contribution in [2.24, 2.45) is 5.41 Å². The summed E-state index contributed by atoms with van der Waals surface area (Å²) in [6, 6.07) is 18.5. The zero-order chi connectivity index (χ0) is 17.0. The Balaban J connectivity index is 2.76. The summed E-state index contributed by atoms with van der Waals surface area (Å²) >= 11 is 0. The average molecular weight is 306 g/mol. The molecule has 0 saturated carbocycles. The van der Waals surface area contributed by atoms with Crippen molar-refractivity contribution in [3.05, 3.63) is 77.4 Å². The van der Waals surface area contributed by atoms with Gasteiger partial charge in [-0.25, -0.2) is 0 Å². The second kappa shape index (κ2) is 6.74. The summed E-state index contributed by atoms with van der Waals surface area (Å²) in [4.78, 5) is 25.5. The summed E-state index contributed by atoms with van der Waals surface area (Å²) in [5.41, 5.74) is 2.02. The lowest BCUT2D eigenvalue weighted by Crippen LogP contribution is -2.21. The van der Waals surface area contributed by atoms with Crippen LogP contribution < -0.4 is 0 Å². The fourth-order valence-corrected chi connectivity index (χ4v) is 2.81. The topological polar surface area (TPSA) is 34.1 Å². The number of hydrogen-bond acceptors (Lipinski definition) is 2. The maximum absolute atomic E-state index is 13.1. The second-order valence-corrected chi connectivity index (χ2v) is 6.62. The molecule has 0 aromatic heterocycles. The minimum absolute atomic E-state index is 0.0689. The highest BCUT2D eigenvalue weighted by molar-refractivity contribution is 6.33. The van der Waals surface area contributed by atoms with Crippen LogP contribution in [-0.4, -0.2) is 11.6 Å². The molecule has 0 heterocycles. The van der Waals surface area contributed by atoms with Crippen LogP contribution in [0.2, 0.25) is 0 Å². The Hall–Kier alpha value is -2.48. The van der Waals surface area contributed by atoms with E-state index in [0.29, 0.717) is 16.7 Å². The van der Waals surface area contributed by atoms with Gasteiger partial charge in [-0.3, -0.25) is 9.59 Å². The van der Waals surface area contributed by atoms with Crippen LogP contribution in [-0.2, 0) is 4.79 Å². The number of allylic oxidation sites excluding steroid dienone is 2. The molecule has 118 valence electrons. The highest BCUT2D eigenvalue weighted by atomic mass is 16.1. The first kappa shape index (κ1) is 16.9. The van der Waals surface area contributed by atoms with Crippen molar-refractivity contribution in [2.75, 3.05) is 0 Å². The Kier molecular flexibility index (Phi) is 4.95. The third kappa shape index (κ3) is 3.84. The molecule has 0 spiro atoms. The van der Waals surface area contributed by atoms with Crippen molar-refractivity contribution in [2.45, 2.75) is 27.7 Å². The molecule has 0 aliphatic heterocycles. The van der Waals surface area contributed by atoms with Gasteiger partial charge in [0.1, 0.15) is 0 Å². The van der Waals surface area contributed by atoms with Crippen molar-refractivity contribution in [3.8, 4) is 0 Å². The number of carbonyl (C=O) groups is 2. The normalized spacial score (nSPS) is 12.5. The SMILES string of the molecule is CC(=O)/C(=C(\C(=O)c1ccccc1)c1ccccc1)C(C)(C)C. The molecule has 2 rings (SSSR count). The summed E-state index contributed by atoms with van der Waals surface area (Å²) in [6.45, 7) is 7.42. The number of Topliss-reactive ketones (excluding diaryl/α,β-unsaturated/α-hetero) is 2. The van der Waals surface area contributed by atoms with E-state index in [-0.39, 0.29) is 11.6 Å². The van der Waals surface area contributed by atoms with Gasteiger partial charge in [-0.2, -0.15) is 0 Å². The molecule has 0 aliphatic carbocycles. The van der Waals surface area contributed by atoms with Gasteiger partial charge in [0, 0.05) is 16.7 Å². The lowest BCUT2D eigenvalue weighted by atomic mass is 9.77. The van der Waals surface area contributed by atoms with E-state index in [4.69, 9.17) is 0 Å². The number of benzene rings is 2. The number of carbonyl (C=O) groups excluding carboxylic acids is 2. The van der Waals surface area contributed by atoms with Crippen molar-refractivity contribution >= 4 is 17.1 Å². The van der Waals surface area contributed by atoms with E-state index in [0.717, 1.165) is 5.56 Å². The number of hydrogen-bond donors (Lipinski definition) is 0. The van der Waals surface area contributed by atoms with E-state index in [1.54, 1.807) is 12.1 Å². The maximum Gasteiger partial charge on any atom is 0.194 e. The largest absolute Gasteiger partial charge is 0.295 e. The van der Waals surface area contributed by atoms with Crippen molar-refractivity contribution < 1.29 is 9.59 Å². The third-order valence-corrected chi connectivity index (χ3v) is 3.68. The van der Waals surface area contributed by atoms with Gasteiger partial charge in [-0.05, 0) is 17.9 Å². The molecule has 0 radical (unpaired) electrons. The van der Waals surface area contributed by atoms with E-state index in [9.17, 15) is 9.59 Å². The summed E-state index contributed by atoms with van der Waals surface area (Å²) in [7, 11) is 0. The van der Waals surface area contributed by atoms with Crippen LogP contribution in [0.3, 0.4) is 0 Å². The predicted molar refractivity (Wildman–Crippen MR) is 94.3 cm³/mol. The molecule has 2 heteroatoms. The van der Waals surface area contributed by atoms with E-state index in [1.165, 1.54) is 6.92 Å². The van der Waals surface area contributed by atoms with Crippen LogP contribution in [0.15, 0.2) is 66.2 Å². The van der Waals surface area contributed by atoms with Crippen LogP contribution in [0, 0.1) is 5.41 Å². The van der Waals surface area contributed by atoms with E-state index in [1.807, 2.05) is 69.3 Å². The highest BCUT2D eigenvalue weighted by Crippen LogP contribution is 2.35. The molecule has 0 atom stereocenters. The van der Waals surface area contributed by atoms with Crippen LogP contribution >= 0.6 is 0 Å². The molecule has 0 N–H and O–H groups in total. The molecule has 0 unspecified atom stereocenters. The molecular weight excluding hydrogens is 284 g/mol. The Morgan fingerprint density at radius 2 is 1.17 bits per heavy atom. The van der Waals surface area contributed by atoms with E-state index >= 15 is 0 Å². The molecule has 0 aliphatic rings. The molecule has 23 heavy (non-hydrogen) atoms. The van der Waals surface area contributed by atoms with Gasteiger partial charge < -0.3 is 0 Å². The van der Waals surface area contributed by atoms with Gasteiger partial charge in [0.05, 0.1) is 0 Å². The zero-order valence-electron chi connectivity index (χ0n) is 14.1. The quantitative estimate of drug-likeness (QED) is 0.591. The zero-order valence-corrected chi connectivity index (χ0v) is 14.1. The van der Waals surface area contributed by atoms with E-state index in [2.05, 4.69) is 0 Å². The van der Waals surface area contributed by atoms with Crippen LogP contribution in [0.1, 0.15) is 43.6 Å². The Morgan fingerprint density at radius 3 is 1.57 bits per heavy atom. The first-order valence-electron chi connectivity index (χ1n) is 7.73. The average Bonchev–Trinajstić information content (AvgIpc) is 2.52. The lowest BCUT2D eigenvalue weighted by Gasteiger charge is -2.25. The minimum atomic E-state index is -0.415. The third-order valence-electron chi connectivity index (χ3n) is 3.68. The lowest BCUT2D eigenvalue weighted by molar-refractivity contribution is -0.114. The van der Waals surface area contributed by atoms with Crippen molar-refractivity contribution in [1.29, 1.82) is 0 Å². The smallest absolute Gasteiger partial charge is 0.194 e. The Labute approximate surface area is 137 Å². The van der Waals surface area contributed by atoms with E-state index < -0.39 is 5.41 Å². The van der Waals surface area contributed by atoms with Gasteiger partial charge in [-0.15, -0.1) is 0 Å². The van der Waals surface area contributed by atoms with Crippen molar-refractivity contribution in [1.82, 2.24) is 0 Å². The molecular formula is C21H22O2. The van der Waals surface area contributed by atoms with Gasteiger partial charge >= 0.3 is 0 Å². The molecule has 0 fully saturated rings.